The Kier molecular flexibility index (Phi) is 8.09. The topological polar surface area (TPSA) is 100 Å². The van der Waals surface area contributed by atoms with E-state index in [4.69, 9.17) is 4.74 Å². The van der Waals surface area contributed by atoms with E-state index in [9.17, 15) is 13.2 Å². The van der Waals surface area contributed by atoms with Gasteiger partial charge in [-0.15, -0.1) is 4.40 Å². The Hall–Kier alpha value is -3.20. The fourth-order valence-electron chi connectivity index (χ4n) is 3.30. The lowest BCUT2D eigenvalue weighted by molar-refractivity contribution is -0.122. The third-order valence-corrected chi connectivity index (χ3v) is 6.24. The molecule has 182 valence electrons. The summed E-state index contributed by atoms with van der Waals surface area (Å²) in [7, 11) is -3.81. The molecule has 2 aromatic rings. The van der Waals surface area contributed by atoms with Crippen molar-refractivity contribution < 1.29 is 17.9 Å². The van der Waals surface area contributed by atoms with Crippen LogP contribution in [0.25, 0.3) is 0 Å². The smallest absolute Gasteiger partial charge is 0.285 e. The molecular weight excluding hydrogens is 452 g/mol. The predicted octanol–water partition coefficient (Wildman–Crippen LogP) is 3.96. The van der Waals surface area contributed by atoms with Crippen LogP contribution in [0.2, 0.25) is 0 Å². The summed E-state index contributed by atoms with van der Waals surface area (Å²) >= 11 is 0. The van der Waals surface area contributed by atoms with E-state index in [1.54, 1.807) is 24.4 Å². The summed E-state index contributed by atoms with van der Waals surface area (Å²) in [4.78, 5) is 12.5. The number of benzene rings is 2. The lowest BCUT2D eigenvalue weighted by Crippen LogP contribution is -2.42. The summed E-state index contributed by atoms with van der Waals surface area (Å²) in [5, 5.41) is 8.89. The van der Waals surface area contributed by atoms with Crippen LogP contribution in [0.4, 0.5) is 0 Å². The molecule has 2 aromatic carbocycles. The minimum Gasteiger partial charge on any atom is -0.494 e. The summed E-state index contributed by atoms with van der Waals surface area (Å²) in [6, 6.07) is 14.1. The highest BCUT2D eigenvalue weighted by atomic mass is 32.2. The largest absolute Gasteiger partial charge is 0.494 e. The molecule has 0 bridgehead atoms. The molecule has 0 atom stereocenters. The third kappa shape index (κ3) is 6.90. The monoisotopic (exact) mass is 484 g/mol. The first-order chi connectivity index (χ1) is 16.1. The number of nitrogens with one attached hydrogen (secondary N) is 1. The van der Waals surface area contributed by atoms with E-state index >= 15 is 0 Å². The number of nitrogens with zero attached hydrogens (tertiary/aromatic N) is 3. The molecule has 1 N–H and O–H groups in total. The van der Waals surface area contributed by atoms with Gasteiger partial charge in [0.2, 0.25) is 5.91 Å². The Morgan fingerprint density at radius 2 is 1.85 bits per heavy atom. The molecule has 0 fully saturated rings. The molecule has 9 heteroatoms. The van der Waals surface area contributed by atoms with Crippen LogP contribution in [-0.2, 0) is 14.8 Å². The van der Waals surface area contributed by atoms with Gasteiger partial charge in [0.05, 0.1) is 19.4 Å². The van der Waals surface area contributed by atoms with Gasteiger partial charge in [-0.05, 0) is 69.2 Å². The number of hydrazone groups is 1. The number of rotatable bonds is 9. The molecule has 1 amide bonds. The maximum Gasteiger partial charge on any atom is 0.285 e. The van der Waals surface area contributed by atoms with Crippen LogP contribution >= 0.6 is 0 Å². The number of sulfonamides is 1. The number of hydrogen-bond acceptors (Lipinski definition) is 6. The molecular formula is C25H32N4O4S. The zero-order valence-electron chi connectivity index (χ0n) is 20.1. The fraction of sp³-hybridized carbons (Fsp3) is 0.400. The van der Waals surface area contributed by atoms with Crippen LogP contribution in [-0.4, -0.2) is 50.1 Å². The van der Waals surface area contributed by atoms with E-state index < -0.39 is 10.0 Å². The summed E-state index contributed by atoms with van der Waals surface area (Å²) in [5.41, 5.74) is 0.907. The van der Waals surface area contributed by atoms with Crippen LogP contribution in [0.1, 0.15) is 58.1 Å². The molecule has 1 heterocycles. The highest BCUT2D eigenvalue weighted by Gasteiger charge is 2.32. The van der Waals surface area contributed by atoms with Crippen LogP contribution in [0.15, 0.2) is 62.9 Å². The SMILES string of the molecule is CCCCOc1ccc(/C=N/N(CCC(=O)NC(C)(C)C)C2=NS(=O)(=O)c3ccccc32)cc1. The highest BCUT2D eigenvalue weighted by Crippen LogP contribution is 2.27. The Morgan fingerprint density at radius 3 is 2.53 bits per heavy atom. The zero-order valence-corrected chi connectivity index (χ0v) is 20.9. The molecule has 3 rings (SSSR count). The van der Waals surface area contributed by atoms with Crippen LogP contribution in [0.3, 0.4) is 0 Å². The van der Waals surface area contributed by atoms with E-state index in [1.165, 1.54) is 11.1 Å². The van der Waals surface area contributed by atoms with E-state index in [1.807, 2.05) is 45.0 Å². The predicted molar refractivity (Wildman–Crippen MR) is 134 cm³/mol. The lowest BCUT2D eigenvalue weighted by atomic mass is 10.1. The second-order valence-corrected chi connectivity index (χ2v) is 10.6. The fourth-order valence-corrected chi connectivity index (χ4v) is 4.51. The summed E-state index contributed by atoms with van der Waals surface area (Å²) in [6.45, 7) is 8.65. The molecule has 0 radical (unpaired) electrons. The van der Waals surface area contributed by atoms with Gasteiger partial charge >= 0.3 is 0 Å². The number of ether oxygens (including phenoxy) is 1. The standard InChI is InChI=1S/C25H32N4O4S/c1-5-6-17-33-20-13-11-19(12-14-20)18-26-29(16-15-23(30)27-25(2,3)4)24-21-9-7-8-10-22(21)34(31,32)28-24/h7-14,18H,5-6,15-17H2,1-4H3,(H,27,30)/b26-18+. The Balaban J connectivity index is 1.82. The quantitative estimate of drug-likeness (QED) is 0.330. The molecule has 0 spiro atoms. The number of hydrogen-bond donors (Lipinski definition) is 1. The number of unbranched alkanes of at least 4 members (excludes halogenated alkanes) is 1. The van der Waals surface area contributed by atoms with Gasteiger partial charge in [-0.2, -0.15) is 13.5 Å². The van der Waals surface area contributed by atoms with Crippen LogP contribution in [0.5, 0.6) is 5.75 Å². The van der Waals surface area contributed by atoms with E-state index in [0.717, 1.165) is 24.2 Å². The van der Waals surface area contributed by atoms with Crippen molar-refractivity contribution in [2.45, 2.75) is 57.4 Å². The van der Waals surface area contributed by atoms with Gasteiger partial charge < -0.3 is 10.1 Å². The molecule has 1 aliphatic heterocycles. The molecule has 0 saturated heterocycles. The van der Waals surface area contributed by atoms with Gasteiger partial charge in [-0.3, -0.25) is 4.79 Å². The van der Waals surface area contributed by atoms with Crippen molar-refractivity contribution in [3.8, 4) is 5.75 Å². The van der Waals surface area contributed by atoms with E-state index in [2.05, 4.69) is 21.7 Å². The van der Waals surface area contributed by atoms with Crippen LogP contribution in [0, 0.1) is 0 Å². The third-order valence-electron chi connectivity index (χ3n) is 4.92. The number of carbonyl (C=O) groups is 1. The Bertz CT molecular complexity index is 1170. The van der Waals surface area contributed by atoms with Crippen molar-refractivity contribution in [1.29, 1.82) is 0 Å². The summed E-state index contributed by atoms with van der Waals surface area (Å²) in [6.07, 6.45) is 3.80. The molecule has 0 aromatic heterocycles. The first kappa shape index (κ1) is 25.4. The van der Waals surface area contributed by atoms with Gasteiger partial charge in [0.1, 0.15) is 10.6 Å². The number of amides is 1. The molecule has 34 heavy (non-hydrogen) atoms. The van der Waals surface area contributed by atoms with Gasteiger partial charge in [0.25, 0.3) is 10.0 Å². The molecule has 0 saturated carbocycles. The minimum atomic E-state index is -3.81. The van der Waals surface area contributed by atoms with Gasteiger partial charge in [0.15, 0.2) is 5.84 Å². The summed E-state index contributed by atoms with van der Waals surface area (Å²) < 4.78 is 34.8. The average molecular weight is 485 g/mol. The van der Waals surface area contributed by atoms with Crippen molar-refractivity contribution in [3.05, 3.63) is 59.7 Å². The van der Waals surface area contributed by atoms with E-state index in [-0.39, 0.29) is 35.1 Å². The first-order valence-corrected chi connectivity index (χ1v) is 12.8. The average Bonchev–Trinajstić information content (AvgIpc) is 3.05. The molecule has 8 nitrogen and oxygen atoms in total. The Labute approximate surface area is 201 Å². The van der Waals surface area contributed by atoms with Gasteiger partial charge in [0, 0.05) is 17.5 Å². The maximum atomic E-state index is 12.6. The lowest BCUT2D eigenvalue weighted by Gasteiger charge is -2.22. The maximum absolute atomic E-state index is 12.6. The van der Waals surface area contributed by atoms with Crippen LogP contribution < -0.4 is 10.1 Å². The van der Waals surface area contributed by atoms with E-state index in [0.29, 0.717) is 12.2 Å². The molecule has 0 aliphatic carbocycles. The summed E-state index contributed by atoms with van der Waals surface area (Å²) in [5.74, 6) is 0.826. The van der Waals surface area contributed by atoms with Crippen molar-refractivity contribution >= 4 is 28.0 Å². The number of carbonyl (C=O) groups excluding carboxylic acids is 1. The Morgan fingerprint density at radius 1 is 1.15 bits per heavy atom. The zero-order chi connectivity index (χ0) is 24.8. The first-order valence-electron chi connectivity index (χ1n) is 11.4. The molecule has 0 unspecified atom stereocenters. The minimum absolute atomic E-state index is 0.125. The van der Waals surface area contributed by atoms with Crippen molar-refractivity contribution in [2.24, 2.45) is 9.50 Å². The normalized spacial score (nSPS) is 14.5. The van der Waals surface area contributed by atoms with Gasteiger partial charge in [-0.25, -0.2) is 5.01 Å². The second kappa shape index (κ2) is 10.8. The van der Waals surface area contributed by atoms with Crippen molar-refractivity contribution in [3.63, 3.8) is 0 Å². The van der Waals surface area contributed by atoms with Crippen molar-refractivity contribution in [1.82, 2.24) is 10.3 Å². The van der Waals surface area contributed by atoms with Gasteiger partial charge in [-0.1, -0.05) is 25.5 Å². The molecule has 1 aliphatic rings. The van der Waals surface area contributed by atoms with Crippen molar-refractivity contribution in [2.75, 3.05) is 13.2 Å². The highest BCUT2D eigenvalue weighted by molar-refractivity contribution is 7.90. The number of fused-ring (bicyclic) bond motifs is 1. The number of amidine groups is 1. The second-order valence-electron chi connectivity index (χ2n) is 9.07.